The predicted molar refractivity (Wildman–Crippen MR) is 70.7 cm³/mol. The van der Waals surface area contributed by atoms with Crippen molar-refractivity contribution in [1.29, 1.82) is 0 Å². The summed E-state index contributed by atoms with van der Waals surface area (Å²) >= 11 is 0. The van der Waals surface area contributed by atoms with Crippen LogP contribution in [0.5, 0.6) is 0 Å². The number of aryl methyl sites for hydroxylation is 1. The zero-order valence-corrected chi connectivity index (χ0v) is 11.7. The van der Waals surface area contributed by atoms with E-state index in [-0.39, 0.29) is 29.1 Å². The lowest BCUT2D eigenvalue weighted by Gasteiger charge is -2.28. The molecule has 0 radical (unpaired) electrons. The monoisotopic (exact) mass is 281 g/mol. The van der Waals surface area contributed by atoms with E-state index in [0.717, 1.165) is 5.56 Å². The van der Waals surface area contributed by atoms with Gasteiger partial charge in [-0.15, -0.1) is 0 Å². The molecule has 0 N–H and O–H groups in total. The molecule has 102 valence electrons. The fourth-order valence-electron chi connectivity index (χ4n) is 2.89. The lowest BCUT2D eigenvalue weighted by molar-refractivity contribution is 0.349. The number of hydrogen-bond acceptors (Lipinski definition) is 2. The van der Waals surface area contributed by atoms with Crippen molar-refractivity contribution < 1.29 is 12.8 Å². The largest absolute Gasteiger partial charge is 0.243 e. The number of halogens is 1. The molecule has 1 saturated heterocycles. The molecule has 0 spiro atoms. The molecule has 19 heavy (non-hydrogen) atoms. The lowest BCUT2D eigenvalue weighted by Crippen LogP contribution is -2.28. The molecule has 0 amide bonds. The van der Waals surface area contributed by atoms with E-state index in [1.54, 1.807) is 31.2 Å². The highest BCUT2D eigenvalue weighted by molar-refractivity contribution is 7.89. The highest BCUT2D eigenvalue weighted by atomic mass is 32.2. The summed E-state index contributed by atoms with van der Waals surface area (Å²) in [5, 5.41) is 0. The maximum Gasteiger partial charge on any atom is 0.243 e. The van der Waals surface area contributed by atoms with Crippen LogP contribution in [0.1, 0.15) is 12.5 Å². The minimum Gasteiger partial charge on any atom is -0.211 e. The average molecular weight is 281 g/mol. The molecule has 2 aliphatic rings. The minimum absolute atomic E-state index is 0.0697. The van der Waals surface area contributed by atoms with E-state index < -0.39 is 10.0 Å². The zero-order chi connectivity index (χ0) is 13.8. The number of fused-ring (bicyclic) bond motifs is 1. The Morgan fingerprint density at radius 2 is 1.68 bits per heavy atom. The van der Waals surface area contributed by atoms with Gasteiger partial charge in [-0.2, -0.15) is 4.31 Å². The number of hydrogen-bond donors (Lipinski definition) is 0. The molecule has 3 nitrogen and oxygen atoms in total. The van der Waals surface area contributed by atoms with E-state index in [9.17, 15) is 12.8 Å². The van der Waals surface area contributed by atoms with Crippen LogP contribution in [-0.4, -0.2) is 25.8 Å². The van der Waals surface area contributed by atoms with Gasteiger partial charge in [-0.3, -0.25) is 0 Å². The van der Waals surface area contributed by atoms with Crippen molar-refractivity contribution in [3.8, 4) is 0 Å². The number of sulfonamides is 1. The van der Waals surface area contributed by atoms with Crippen molar-refractivity contribution in [2.75, 3.05) is 13.1 Å². The van der Waals surface area contributed by atoms with E-state index in [1.807, 2.05) is 6.92 Å². The van der Waals surface area contributed by atoms with Crippen LogP contribution in [0.3, 0.4) is 0 Å². The predicted octanol–water partition coefficient (Wildman–Crippen LogP) is 2.49. The molecule has 1 fully saturated rings. The van der Waals surface area contributed by atoms with Gasteiger partial charge in [-0.05, 0) is 31.6 Å². The van der Waals surface area contributed by atoms with Crippen molar-refractivity contribution >= 4 is 10.0 Å². The average Bonchev–Trinajstić information content (AvgIpc) is 2.80. The Labute approximate surface area is 112 Å². The van der Waals surface area contributed by atoms with Gasteiger partial charge in [0.2, 0.25) is 10.0 Å². The summed E-state index contributed by atoms with van der Waals surface area (Å²) in [6, 6.07) is 6.78. The van der Waals surface area contributed by atoms with Gasteiger partial charge in [0, 0.05) is 24.9 Å². The minimum atomic E-state index is -3.49. The fraction of sp³-hybridized carbons (Fsp3) is 0.429. The summed E-state index contributed by atoms with van der Waals surface area (Å²) in [6.07, 6.45) is 0. The van der Waals surface area contributed by atoms with Crippen LogP contribution in [-0.2, 0) is 10.0 Å². The molecule has 3 rings (SSSR count). The molecule has 1 aliphatic carbocycles. The van der Waals surface area contributed by atoms with Gasteiger partial charge >= 0.3 is 0 Å². The molecule has 2 atom stereocenters. The lowest BCUT2D eigenvalue weighted by atomic mass is 9.77. The van der Waals surface area contributed by atoms with Crippen molar-refractivity contribution in [3.05, 3.63) is 41.2 Å². The Bertz CT molecular complexity index is 629. The van der Waals surface area contributed by atoms with Gasteiger partial charge in [0.1, 0.15) is 5.83 Å². The van der Waals surface area contributed by atoms with Gasteiger partial charge in [0.25, 0.3) is 0 Å². The Morgan fingerprint density at radius 1 is 1.11 bits per heavy atom. The zero-order valence-electron chi connectivity index (χ0n) is 10.9. The first-order valence-corrected chi connectivity index (χ1v) is 7.78. The van der Waals surface area contributed by atoms with Crippen LogP contribution in [0.15, 0.2) is 40.6 Å². The summed E-state index contributed by atoms with van der Waals surface area (Å²) < 4.78 is 39.9. The third kappa shape index (κ3) is 1.83. The Balaban J connectivity index is 1.86. The van der Waals surface area contributed by atoms with Gasteiger partial charge in [-0.25, -0.2) is 12.8 Å². The van der Waals surface area contributed by atoms with Gasteiger partial charge in [-0.1, -0.05) is 17.7 Å². The van der Waals surface area contributed by atoms with Crippen molar-refractivity contribution in [3.63, 3.8) is 0 Å². The van der Waals surface area contributed by atoms with E-state index in [1.165, 1.54) is 4.31 Å². The van der Waals surface area contributed by atoms with E-state index in [2.05, 4.69) is 0 Å². The molecule has 1 aliphatic heterocycles. The maximum absolute atomic E-state index is 13.5. The first-order chi connectivity index (χ1) is 8.91. The first-order valence-electron chi connectivity index (χ1n) is 6.34. The Hall–Kier alpha value is -1.20. The normalized spacial score (nSPS) is 27.3. The highest BCUT2D eigenvalue weighted by Gasteiger charge is 2.48. The molecule has 1 aromatic carbocycles. The van der Waals surface area contributed by atoms with Crippen molar-refractivity contribution in [1.82, 2.24) is 4.31 Å². The molecule has 0 bridgehead atoms. The number of nitrogens with zero attached hydrogens (tertiary/aromatic N) is 1. The first kappa shape index (κ1) is 12.8. The Kier molecular flexibility index (Phi) is 2.80. The second-order valence-electron chi connectivity index (χ2n) is 5.38. The molecule has 1 heterocycles. The maximum atomic E-state index is 13.5. The third-order valence-electron chi connectivity index (χ3n) is 4.20. The summed E-state index contributed by atoms with van der Waals surface area (Å²) in [5.41, 5.74) is 1.73. The summed E-state index contributed by atoms with van der Waals surface area (Å²) in [7, 11) is -3.49. The van der Waals surface area contributed by atoms with E-state index in [0.29, 0.717) is 12.1 Å². The van der Waals surface area contributed by atoms with E-state index >= 15 is 0 Å². The summed E-state index contributed by atoms with van der Waals surface area (Å²) in [5.74, 6) is -0.271. The molecule has 1 aromatic rings. The second-order valence-corrected chi connectivity index (χ2v) is 7.32. The molecule has 0 saturated carbocycles. The number of benzene rings is 1. The molecule has 2 unspecified atom stereocenters. The van der Waals surface area contributed by atoms with E-state index in [4.69, 9.17) is 0 Å². The van der Waals surface area contributed by atoms with Gasteiger partial charge in [0.15, 0.2) is 0 Å². The molecule has 5 heteroatoms. The van der Waals surface area contributed by atoms with Crippen LogP contribution in [0, 0.1) is 18.8 Å². The van der Waals surface area contributed by atoms with Crippen molar-refractivity contribution in [2.24, 2.45) is 11.8 Å². The topological polar surface area (TPSA) is 37.4 Å². The molecular formula is C14H16FNO2S. The summed E-state index contributed by atoms with van der Waals surface area (Å²) in [6.45, 7) is 4.33. The van der Waals surface area contributed by atoms with Crippen LogP contribution in [0.25, 0.3) is 0 Å². The van der Waals surface area contributed by atoms with Crippen LogP contribution < -0.4 is 0 Å². The standard InChI is InChI=1S/C14H16FNO2S/c1-9-3-5-11(6-4-9)19(17,18)16-7-12-10(2)14(15)13(12)8-16/h3-6,12-13H,7-8H2,1-2H3. The van der Waals surface area contributed by atoms with Crippen LogP contribution in [0.2, 0.25) is 0 Å². The Morgan fingerprint density at radius 3 is 2.26 bits per heavy atom. The van der Waals surface area contributed by atoms with Gasteiger partial charge < -0.3 is 0 Å². The smallest absolute Gasteiger partial charge is 0.211 e. The molecular weight excluding hydrogens is 265 g/mol. The number of rotatable bonds is 2. The van der Waals surface area contributed by atoms with Crippen molar-refractivity contribution in [2.45, 2.75) is 18.7 Å². The summed E-state index contributed by atoms with van der Waals surface area (Å²) in [4.78, 5) is 0.289. The SMILES string of the molecule is CC1=C(F)C2CN(S(=O)(=O)c3ccc(C)cc3)CC12. The fourth-order valence-corrected chi connectivity index (χ4v) is 4.38. The molecule has 0 aromatic heterocycles. The van der Waals surface area contributed by atoms with Crippen LogP contribution >= 0.6 is 0 Å². The van der Waals surface area contributed by atoms with Gasteiger partial charge in [0.05, 0.1) is 4.90 Å². The second kappa shape index (κ2) is 4.15. The quantitative estimate of drug-likeness (QED) is 0.835. The third-order valence-corrected chi connectivity index (χ3v) is 6.05. The van der Waals surface area contributed by atoms with Crippen LogP contribution in [0.4, 0.5) is 4.39 Å². The highest BCUT2D eigenvalue weighted by Crippen LogP contribution is 2.47.